The standard InChI is InChI=1S/C12H24O5P2/c1-7-11(17-18(3,4)13)8(2)16-12(7)9-6-10(9)19(5,14)15/h7-15H,3,5-6H2,1-2,4H3. The smallest absolute Gasteiger partial charge is 0.115 e. The molecule has 1 aliphatic heterocycles. The fourth-order valence-corrected chi connectivity index (χ4v) is 5.28. The molecule has 0 aromatic heterocycles. The zero-order valence-electron chi connectivity index (χ0n) is 11.6. The second kappa shape index (κ2) is 4.99. The quantitative estimate of drug-likeness (QED) is 0.683. The first kappa shape index (κ1) is 15.8. The molecule has 0 amide bonds. The zero-order chi connectivity index (χ0) is 14.6. The van der Waals surface area contributed by atoms with Crippen LogP contribution in [0.15, 0.2) is 0 Å². The minimum atomic E-state index is -3.02. The van der Waals surface area contributed by atoms with E-state index in [0.29, 0.717) is 0 Å². The first-order chi connectivity index (χ1) is 8.50. The van der Waals surface area contributed by atoms with Crippen LogP contribution in [0.4, 0.5) is 0 Å². The van der Waals surface area contributed by atoms with Crippen molar-refractivity contribution in [2.75, 3.05) is 6.66 Å². The summed E-state index contributed by atoms with van der Waals surface area (Å²) in [7, 11) is -5.58. The zero-order valence-corrected chi connectivity index (χ0v) is 13.4. The highest BCUT2D eigenvalue weighted by molar-refractivity contribution is 7.63. The van der Waals surface area contributed by atoms with Crippen molar-refractivity contribution in [2.45, 2.75) is 44.2 Å². The molecular weight excluding hydrogens is 286 g/mol. The number of rotatable bonds is 4. The third-order valence-electron chi connectivity index (χ3n) is 3.98. The Labute approximate surface area is 114 Å². The molecule has 19 heavy (non-hydrogen) atoms. The molecule has 112 valence electrons. The summed E-state index contributed by atoms with van der Waals surface area (Å²) in [6.45, 7) is 5.54. The molecule has 2 rings (SSSR count). The fraction of sp³-hybridized carbons (Fsp3) is 0.833. The molecule has 0 radical (unpaired) electrons. The summed E-state index contributed by atoms with van der Waals surface area (Å²) in [4.78, 5) is 29.0. The van der Waals surface area contributed by atoms with E-state index in [1.165, 1.54) is 0 Å². The van der Waals surface area contributed by atoms with Crippen LogP contribution in [0.5, 0.6) is 0 Å². The van der Waals surface area contributed by atoms with E-state index in [4.69, 9.17) is 9.26 Å². The summed E-state index contributed by atoms with van der Waals surface area (Å²) in [6.07, 6.45) is 7.49. The largest absolute Gasteiger partial charge is 0.372 e. The van der Waals surface area contributed by atoms with Gasteiger partial charge >= 0.3 is 0 Å². The summed E-state index contributed by atoms with van der Waals surface area (Å²) >= 11 is 0. The van der Waals surface area contributed by atoms with E-state index >= 15 is 0 Å². The van der Waals surface area contributed by atoms with Gasteiger partial charge in [-0.1, -0.05) is 19.5 Å². The summed E-state index contributed by atoms with van der Waals surface area (Å²) in [6, 6.07) is 0. The van der Waals surface area contributed by atoms with Crippen LogP contribution in [0, 0.1) is 11.8 Å². The predicted molar refractivity (Wildman–Crippen MR) is 80.9 cm³/mol. The lowest BCUT2D eigenvalue weighted by atomic mass is 9.96. The minimum absolute atomic E-state index is 0.0584. The molecule has 1 aliphatic carbocycles. The van der Waals surface area contributed by atoms with Gasteiger partial charge in [0.15, 0.2) is 0 Å². The summed E-state index contributed by atoms with van der Waals surface area (Å²) < 4.78 is 11.6. The van der Waals surface area contributed by atoms with Crippen molar-refractivity contribution >= 4 is 27.3 Å². The molecule has 0 aromatic rings. The summed E-state index contributed by atoms with van der Waals surface area (Å²) in [5.74, 6) is 0.241. The Morgan fingerprint density at radius 2 is 1.79 bits per heavy atom. The van der Waals surface area contributed by atoms with E-state index in [-0.39, 0.29) is 35.8 Å². The maximum atomic E-state index is 9.77. The van der Waals surface area contributed by atoms with Gasteiger partial charge in [-0.3, -0.25) is 0 Å². The molecule has 2 aliphatic rings. The van der Waals surface area contributed by atoms with Crippen LogP contribution in [0.1, 0.15) is 20.3 Å². The van der Waals surface area contributed by atoms with Gasteiger partial charge in [0.25, 0.3) is 0 Å². The number of ether oxygens (including phenoxy) is 1. The fourth-order valence-electron chi connectivity index (χ4n) is 3.03. The van der Waals surface area contributed by atoms with Gasteiger partial charge in [-0.2, -0.15) is 0 Å². The molecule has 1 saturated heterocycles. The van der Waals surface area contributed by atoms with Crippen molar-refractivity contribution in [3.8, 4) is 0 Å². The molecule has 5 nitrogen and oxygen atoms in total. The minimum Gasteiger partial charge on any atom is -0.372 e. The van der Waals surface area contributed by atoms with Gasteiger partial charge in [-0.05, 0) is 19.3 Å². The van der Waals surface area contributed by atoms with Crippen LogP contribution >= 0.6 is 14.7 Å². The lowest BCUT2D eigenvalue weighted by molar-refractivity contribution is 0.0183. The number of hydrogen-bond acceptors (Lipinski definition) is 5. The number of hydrogen-bond donors (Lipinski definition) is 3. The van der Waals surface area contributed by atoms with Gasteiger partial charge < -0.3 is 23.9 Å². The molecule has 7 atom stereocenters. The van der Waals surface area contributed by atoms with Crippen molar-refractivity contribution < 1.29 is 23.9 Å². The summed E-state index contributed by atoms with van der Waals surface area (Å²) in [5.41, 5.74) is -0.138. The van der Waals surface area contributed by atoms with E-state index < -0.39 is 14.7 Å². The Morgan fingerprint density at radius 1 is 1.21 bits per heavy atom. The maximum absolute atomic E-state index is 9.77. The van der Waals surface area contributed by atoms with Crippen LogP contribution in [0.2, 0.25) is 0 Å². The topological polar surface area (TPSA) is 79.2 Å². The SMILES string of the molecule is C=P(C)(O)OC1C(C)OC(C2CC2P(=C)(O)O)C1C. The van der Waals surface area contributed by atoms with E-state index in [1.807, 2.05) is 13.8 Å². The summed E-state index contributed by atoms with van der Waals surface area (Å²) in [5, 5.41) is 0. The monoisotopic (exact) mass is 310 g/mol. The van der Waals surface area contributed by atoms with Gasteiger partial charge in [-0.25, -0.2) is 0 Å². The van der Waals surface area contributed by atoms with Gasteiger partial charge in [0.2, 0.25) is 0 Å². The lowest BCUT2D eigenvalue weighted by Gasteiger charge is -2.24. The average Bonchev–Trinajstić information content (AvgIpc) is 2.94. The molecule has 0 aromatic carbocycles. The van der Waals surface area contributed by atoms with Crippen molar-refractivity contribution in [2.24, 2.45) is 11.8 Å². The third-order valence-corrected chi connectivity index (χ3v) is 6.33. The molecule has 0 bridgehead atoms. The van der Waals surface area contributed by atoms with Crippen molar-refractivity contribution in [1.29, 1.82) is 0 Å². The van der Waals surface area contributed by atoms with Crippen molar-refractivity contribution in [3.05, 3.63) is 0 Å². The Kier molecular flexibility index (Phi) is 4.15. The highest BCUT2D eigenvalue weighted by Gasteiger charge is 2.56. The maximum Gasteiger partial charge on any atom is 0.115 e. The molecule has 7 unspecified atom stereocenters. The molecule has 1 heterocycles. The van der Waals surface area contributed by atoms with Crippen LogP contribution in [-0.4, -0.2) is 57.9 Å². The molecule has 3 N–H and O–H groups in total. The molecule has 1 saturated carbocycles. The van der Waals surface area contributed by atoms with Gasteiger partial charge in [0.05, 0.1) is 18.3 Å². The molecule has 7 heteroatoms. The third kappa shape index (κ3) is 3.54. The van der Waals surface area contributed by atoms with Crippen LogP contribution in [-0.2, 0) is 9.26 Å². The van der Waals surface area contributed by atoms with Crippen LogP contribution in [0.25, 0.3) is 0 Å². The first-order valence-corrected chi connectivity index (χ1v) is 10.7. The lowest BCUT2D eigenvalue weighted by Crippen LogP contribution is -2.27. The van der Waals surface area contributed by atoms with E-state index in [2.05, 4.69) is 12.6 Å². The van der Waals surface area contributed by atoms with E-state index in [1.54, 1.807) is 6.66 Å². The molecule has 0 spiro atoms. The van der Waals surface area contributed by atoms with Gasteiger partial charge in [-0.15, -0.1) is 0 Å². The Hall–Kier alpha value is 0.400. The molecule has 2 fully saturated rings. The normalized spacial score (nSPS) is 46.0. The van der Waals surface area contributed by atoms with E-state index in [9.17, 15) is 14.7 Å². The van der Waals surface area contributed by atoms with Gasteiger partial charge in [0, 0.05) is 18.2 Å². The van der Waals surface area contributed by atoms with Crippen molar-refractivity contribution in [1.82, 2.24) is 0 Å². The van der Waals surface area contributed by atoms with Crippen LogP contribution in [0.3, 0.4) is 0 Å². The predicted octanol–water partition coefficient (Wildman–Crippen LogP) is 1.35. The second-order valence-corrected chi connectivity index (χ2v) is 10.6. The molecular formula is C12H24O5P2. The van der Waals surface area contributed by atoms with E-state index in [0.717, 1.165) is 6.42 Å². The Balaban J connectivity index is 2.03. The average molecular weight is 310 g/mol. The Bertz CT molecular complexity index is 439. The highest BCUT2D eigenvalue weighted by Crippen LogP contribution is 2.61. The van der Waals surface area contributed by atoms with Crippen LogP contribution < -0.4 is 0 Å². The Morgan fingerprint density at radius 3 is 2.21 bits per heavy atom. The highest BCUT2D eigenvalue weighted by atomic mass is 31.2. The van der Waals surface area contributed by atoms with Gasteiger partial charge in [0.1, 0.15) is 14.7 Å². The van der Waals surface area contributed by atoms with Crippen molar-refractivity contribution in [3.63, 3.8) is 0 Å². The second-order valence-electron chi connectivity index (χ2n) is 6.04. The first-order valence-electron chi connectivity index (χ1n) is 6.47.